The van der Waals surface area contributed by atoms with Gasteiger partial charge in [-0.3, -0.25) is 0 Å². The molecule has 0 radical (unpaired) electrons. The Labute approximate surface area is 104 Å². The van der Waals surface area contributed by atoms with Crippen LogP contribution in [-0.2, 0) is 13.5 Å². The maximum Gasteiger partial charge on any atom is 0.153 e. The molecule has 1 atom stereocenters. The summed E-state index contributed by atoms with van der Waals surface area (Å²) in [5, 5.41) is 3.30. The van der Waals surface area contributed by atoms with E-state index in [0.29, 0.717) is 11.4 Å². The van der Waals surface area contributed by atoms with Crippen LogP contribution < -0.4 is 5.32 Å². The smallest absolute Gasteiger partial charge is 0.153 e. The van der Waals surface area contributed by atoms with E-state index in [0.717, 1.165) is 37.8 Å². The zero-order valence-electron chi connectivity index (χ0n) is 10.2. The van der Waals surface area contributed by atoms with E-state index < -0.39 is 11.6 Å². The van der Waals surface area contributed by atoms with Gasteiger partial charge in [0, 0.05) is 19.5 Å². The summed E-state index contributed by atoms with van der Waals surface area (Å²) >= 11 is 0. The molecule has 0 aliphatic carbocycles. The van der Waals surface area contributed by atoms with Crippen molar-refractivity contribution in [3.05, 3.63) is 29.6 Å². The van der Waals surface area contributed by atoms with E-state index in [1.165, 1.54) is 6.07 Å². The lowest BCUT2D eigenvalue weighted by Gasteiger charge is -2.07. The van der Waals surface area contributed by atoms with Gasteiger partial charge in [-0.1, -0.05) is 0 Å². The summed E-state index contributed by atoms with van der Waals surface area (Å²) in [4.78, 5) is 4.31. The molecule has 0 saturated carbocycles. The van der Waals surface area contributed by atoms with E-state index in [9.17, 15) is 8.78 Å². The van der Waals surface area contributed by atoms with E-state index >= 15 is 0 Å². The van der Waals surface area contributed by atoms with Crippen molar-refractivity contribution in [2.75, 3.05) is 13.1 Å². The molecule has 1 unspecified atom stereocenters. The molecule has 1 fully saturated rings. The Morgan fingerprint density at radius 3 is 3.00 bits per heavy atom. The van der Waals surface area contributed by atoms with Gasteiger partial charge in [-0.25, -0.2) is 13.8 Å². The van der Waals surface area contributed by atoms with Crippen LogP contribution in [0.25, 0.3) is 11.0 Å². The average molecular weight is 251 g/mol. The summed E-state index contributed by atoms with van der Waals surface area (Å²) in [6.45, 7) is 2.00. The molecule has 1 aliphatic heterocycles. The second kappa shape index (κ2) is 4.31. The first-order valence-corrected chi connectivity index (χ1v) is 6.16. The van der Waals surface area contributed by atoms with E-state index in [1.54, 1.807) is 4.57 Å². The molecule has 1 saturated heterocycles. The number of nitrogens with zero attached hydrogens (tertiary/aromatic N) is 2. The minimum Gasteiger partial charge on any atom is -0.331 e. The molecule has 3 nitrogen and oxygen atoms in total. The number of aromatic nitrogens is 2. The molecular formula is C13H15F2N3. The molecule has 0 bridgehead atoms. The predicted molar refractivity (Wildman–Crippen MR) is 65.3 cm³/mol. The fourth-order valence-corrected chi connectivity index (χ4v) is 2.59. The number of fused-ring (bicyclic) bond motifs is 1. The topological polar surface area (TPSA) is 29.9 Å². The molecule has 2 heterocycles. The number of nitrogens with one attached hydrogen (secondary N) is 1. The summed E-state index contributed by atoms with van der Waals surface area (Å²) in [6, 6.07) is 2.22. The highest BCUT2D eigenvalue weighted by atomic mass is 19.1. The van der Waals surface area contributed by atoms with Gasteiger partial charge in [0.2, 0.25) is 0 Å². The highest BCUT2D eigenvalue weighted by Crippen LogP contribution is 2.22. The van der Waals surface area contributed by atoms with E-state index in [-0.39, 0.29) is 5.52 Å². The second-order valence-electron chi connectivity index (χ2n) is 4.91. The lowest BCUT2D eigenvalue weighted by molar-refractivity contribution is 0.551. The van der Waals surface area contributed by atoms with Crippen molar-refractivity contribution in [2.45, 2.75) is 12.8 Å². The first-order chi connectivity index (χ1) is 8.65. The summed E-state index contributed by atoms with van der Waals surface area (Å²) in [5.74, 6) is 0.213. The zero-order valence-corrected chi connectivity index (χ0v) is 10.2. The molecule has 96 valence electrons. The molecule has 5 heteroatoms. The van der Waals surface area contributed by atoms with Crippen molar-refractivity contribution < 1.29 is 8.78 Å². The largest absolute Gasteiger partial charge is 0.331 e. The van der Waals surface area contributed by atoms with Gasteiger partial charge in [-0.05, 0) is 31.5 Å². The van der Waals surface area contributed by atoms with Crippen LogP contribution in [0.5, 0.6) is 0 Å². The fraction of sp³-hybridized carbons (Fsp3) is 0.462. The minimum atomic E-state index is -0.587. The Balaban J connectivity index is 2.02. The van der Waals surface area contributed by atoms with Crippen LogP contribution in [0.15, 0.2) is 12.1 Å². The zero-order chi connectivity index (χ0) is 12.7. The normalized spacial score (nSPS) is 19.8. The van der Waals surface area contributed by atoms with Crippen LogP contribution in [0, 0.1) is 17.6 Å². The highest BCUT2D eigenvalue weighted by molar-refractivity contribution is 5.76. The predicted octanol–water partition coefficient (Wildman–Crippen LogP) is 2.00. The Kier molecular flexibility index (Phi) is 2.78. The van der Waals surface area contributed by atoms with Crippen LogP contribution in [0.1, 0.15) is 12.2 Å². The van der Waals surface area contributed by atoms with Crippen molar-refractivity contribution in [3.63, 3.8) is 0 Å². The molecule has 1 aromatic heterocycles. The fourth-order valence-electron chi connectivity index (χ4n) is 2.59. The van der Waals surface area contributed by atoms with Crippen molar-refractivity contribution in [2.24, 2.45) is 13.0 Å². The van der Waals surface area contributed by atoms with Gasteiger partial charge < -0.3 is 9.88 Å². The third kappa shape index (κ3) is 1.88. The molecule has 1 N–H and O–H groups in total. The van der Waals surface area contributed by atoms with Crippen molar-refractivity contribution in [3.8, 4) is 0 Å². The summed E-state index contributed by atoms with van der Waals surface area (Å²) < 4.78 is 28.6. The number of benzene rings is 1. The highest BCUT2D eigenvalue weighted by Gasteiger charge is 2.19. The molecule has 2 aromatic rings. The Hall–Kier alpha value is -1.49. The van der Waals surface area contributed by atoms with Gasteiger partial charge in [0.25, 0.3) is 0 Å². The van der Waals surface area contributed by atoms with E-state index in [4.69, 9.17) is 0 Å². The lowest BCUT2D eigenvalue weighted by atomic mass is 10.0. The Bertz CT molecular complexity index is 585. The van der Waals surface area contributed by atoms with Crippen LogP contribution in [0.3, 0.4) is 0 Å². The van der Waals surface area contributed by atoms with Gasteiger partial charge in [-0.15, -0.1) is 0 Å². The van der Waals surface area contributed by atoms with Gasteiger partial charge in [-0.2, -0.15) is 0 Å². The summed E-state index contributed by atoms with van der Waals surface area (Å²) in [6.07, 6.45) is 1.92. The molecule has 18 heavy (non-hydrogen) atoms. The third-order valence-corrected chi connectivity index (χ3v) is 3.63. The second-order valence-corrected chi connectivity index (χ2v) is 4.91. The van der Waals surface area contributed by atoms with Crippen LogP contribution in [0.2, 0.25) is 0 Å². The van der Waals surface area contributed by atoms with E-state index in [2.05, 4.69) is 10.3 Å². The molecular weight excluding hydrogens is 236 g/mol. The lowest BCUT2D eigenvalue weighted by Crippen LogP contribution is -2.12. The molecule has 3 rings (SSSR count). The maximum atomic E-state index is 13.6. The minimum absolute atomic E-state index is 0.264. The van der Waals surface area contributed by atoms with E-state index in [1.807, 2.05) is 7.05 Å². The quantitative estimate of drug-likeness (QED) is 0.884. The number of aryl methyl sites for hydroxylation is 1. The SMILES string of the molecule is Cn1c(CC2CCNC2)nc2c(F)cc(F)cc21. The van der Waals surface area contributed by atoms with Crippen LogP contribution in [0.4, 0.5) is 8.78 Å². The summed E-state index contributed by atoms with van der Waals surface area (Å²) in [7, 11) is 1.81. The molecule has 0 spiro atoms. The maximum absolute atomic E-state index is 13.6. The third-order valence-electron chi connectivity index (χ3n) is 3.63. The first kappa shape index (κ1) is 11.6. The average Bonchev–Trinajstić information content (AvgIpc) is 2.91. The van der Waals surface area contributed by atoms with Crippen LogP contribution in [-0.4, -0.2) is 22.6 Å². The van der Waals surface area contributed by atoms with Crippen molar-refractivity contribution >= 4 is 11.0 Å². The van der Waals surface area contributed by atoms with Crippen LogP contribution >= 0.6 is 0 Å². The van der Waals surface area contributed by atoms with Gasteiger partial charge >= 0.3 is 0 Å². The number of rotatable bonds is 2. The number of halogens is 2. The van der Waals surface area contributed by atoms with Crippen molar-refractivity contribution in [1.29, 1.82) is 0 Å². The Morgan fingerprint density at radius 1 is 1.44 bits per heavy atom. The molecule has 1 aromatic carbocycles. The Morgan fingerprint density at radius 2 is 2.28 bits per heavy atom. The number of imidazole rings is 1. The number of hydrogen-bond acceptors (Lipinski definition) is 2. The van der Waals surface area contributed by atoms with Gasteiger partial charge in [0.1, 0.15) is 17.2 Å². The van der Waals surface area contributed by atoms with Gasteiger partial charge in [0.05, 0.1) is 5.52 Å². The summed E-state index contributed by atoms with van der Waals surface area (Å²) in [5.41, 5.74) is 0.785. The number of hydrogen-bond donors (Lipinski definition) is 1. The van der Waals surface area contributed by atoms with Gasteiger partial charge in [0.15, 0.2) is 5.82 Å². The molecule has 1 aliphatic rings. The first-order valence-electron chi connectivity index (χ1n) is 6.16. The molecule has 0 amide bonds. The monoisotopic (exact) mass is 251 g/mol. The van der Waals surface area contributed by atoms with Crippen molar-refractivity contribution in [1.82, 2.24) is 14.9 Å². The standard InChI is InChI=1S/C13H15F2N3/c1-18-11-6-9(14)5-10(15)13(11)17-12(18)4-8-2-3-16-7-8/h5-6,8,16H,2-4,7H2,1H3.